The molecule has 0 bridgehead atoms. The minimum atomic E-state index is 0.236. The third kappa shape index (κ3) is 1.78. The van der Waals surface area contributed by atoms with Gasteiger partial charge in [0.25, 0.3) is 0 Å². The fourth-order valence-electron chi connectivity index (χ4n) is 1.01. The molecule has 14 heavy (non-hydrogen) atoms. The van der Waals surface area contributed by atoms with Gasteiger partial charge in [-0.2, -0.15) is 9.97 Å². The Morgan fingerprint density at radius 2 is 1.79 bits per heavy atom. The van der Waals surface area contributed by atoms with Gasteiger partial charge in [-0.25, -0.2) is 0 Å². The number of rotatable bonds is 3. The molecular weight excluding hydrogens is 184 g/mol. The Bertz CT molecular complexity index is 327. The lowest BCUT2D eigenvalue weighted by Crippen LogP contribution is -2.15. The van der Waals surface area contributed by atoms with Gasteiger partial charge >= 0.3 is 6.01 Å². The summed E-state index contributed by atoms with van der Waals surface area (Å²) in [6.07, 6.45) is 0. The quantitative estimate of drug-likeness (QED) is 0.744. The Morgan fingerprint density at radius 3 is 2.21 bits per heavy atom. The van der Waals surface area contributed by atoms with E-state index < -0.39 is 0 Å². The van der Waals surface area contributed by atoms with Gasteiger partial charge in [0, 0.05) is 14.1 Å². The van der Waals surface area contributed by atoms with Crippen molar-refractivity contribution < 1.29 is 9.47 Å². The molecule has 1 heterocycles. The highest BCUT2D eigenvalue weighted by atomic mass is 16.5. The Kier molecular flexibility index (Phi) is 2.95. The standard InChI is InChI=1S/C8H14N4O2/c1-12(2)6-5(9)7(13-3)11-8(10-6)14-4/h9H2,1-4H3. The van der Waals surface area contributed by atoms with E-state index in [4.69, 9.17) is 15.2 Å². The second kappa shape index (κ2) is 3.99. The molecule has 0 aromatic carbocycles. The van der Waals surface area contributed by atoms with Crippen LogP contribution in [0.3, 0.4) is 0 Å². The first-order chi connectivity index (χ1) is 6.60. The largest absolute Gasteiger partial charge is 0.479 e. The molecule has 0 saturated carbocycles. The fourth-order valence-corrected chi connectivity index (χ4v) is 1.01. The molecule has 0 aliphatic carbocycles. The van der Waals surface area contributed by atoms with Gasteiger partial charge in [0.05, 0.1) is 14.2 Å². The van der Waals surface area contributed by atoms with E-state index in [2.05, 4.69) is 9.97 Å². The van der Waals surface area contributed by atoms with Gasteiger partial charge in [-0.3, -0.25) is 0 Å². The summed E-state index contributed by atoms with van der Waals surface area (Å²) in [6, 6.07) is 0.236. The summed E-state index contributed by atoms with van der Waals surface area (Å²) < 4.78 is 9.91. The molecular formula is C8H14N4O2. The van der Waals surface area contributed by atoms with Crippen LogP contribution in [0.4, 0.5) is 11.5 Å². The number of ether oxygens (including phenoxy) is 2. The highest BCUT2D eigenvalue weighted by molar-refractivity contribution is 5.68. The third-order valence-electron chi connectivity index (χ3n) is 1.67. The Labute approximate surface area is 82.7 Å². The summed E-state index contributed by atoms with van der Waals surface area (Å²) in [6.45, 7) is 0. The molecule has 0 fully saturated rings. The van der Waals surface area contributed by atoms with Gasteiger partial charge in [0.1, 0.15) is 5.69 Å². The van der Waals surface area contributed by atoms with Crippen LogP contribution in [-0.2, 0) is 0 Å². The van der Waals surface area contributed by atoms with Crippen LogP contribution in [0.5, 0.6) is 11.9 Å². The second-order valence-corrected chi connectivity index (χ2v) is 2.85. The summed E-state index contributed by atoms with van der Waals surface area (Å²) in [5, 5.41) is 0. The summed E-state index contributed by atoms with van der Waals surface area (Å²) in [7, 11) is 6.65. The molecule has 6 nitrogen and oxygen atoms in total. The average Bonchev–Trinajstić information content (AvgIpc) is 2.17. The number of aromatic nitrogens is 2. The smallest absolute Gasteiger partial charge is 0.321 e. The lowest BCUT2D eigenvalue weighted by molar-refractivity contribution is 0.354. The number of nitrogens with zero attached hydrogens (tertiary/aromatic N) is 3. The monoisotopic (exact) mass is 198 g/mol. The van der Waals surface area contributed by atoms with Gasteiger partial charge < -0.3 is 20.1 Å². The van der Waals surface area contributed by atoms with Crippen molar-refractivity contribution in [2.45, 2.75) is 0 Å². The van der Waals surface area contributed by atoms with Crippen LogP contribution in [0.2, 0.25) is 0 Å². The number of hydrogen-bond donors (Lipinski definition) is 1. The van der Waals surface area contributed by atoms with Crippen molar-refractivity contribution >= 4 is 11.5 Å². The lowest BCUT2D eigenvalue weighted by atomic mass is 10.4. The van der Waals surface area contributed by atoms with E-state index in [-0.39, 0.29) is 6.01 Å². The molecule has 0 saturated heterocycles. The van der Waals surface area contributed by atoms with E-state index in [1.54, 1.807) is 4.90 Å². The van der Waals surface area contributed by atoms with E-state index in [1.807, 2.05) is 14.1 Å². The molecule has 1 aromatic rings. The average molecular weight is 198 g/mol. The van der Waals surface area contributed by atoms with Crippen LogP contribution < -0.4 is 20.1 Å². The molecule has 1 rings (SSSR count). The maximum atomic E-state index is 5.77. The van der Waals surface area contributed by atoms with E-state index in [0.717, 1.165) is 0 Å². The van der Waals surface area contributed by atoms with Crippen LogP contribution in [0.1, 0.15) is 0 Å². The van der Waals surface area contributed by atoms with Crippen LogP contribution in [0.15, 0.2) is 0 Å². The van der Waals surface area contributed by atoms with Crippen molar-refractivity contribution in [3.05, 3.63) is 0 Å². The normalized spacial score (nSPS) is 9.71. The minimum absolute atomic E-state index is 0.236. The Morgan fingerprint density at radius 1 is 1.14 bits per heavy atom. The molecule has 78 valence electrons. The predicted octanol–water partition coefficient (Wildman–Crippen LogP) is 0.142. The zero-order valence-corrected chi connectivity index (χ0v) is 8.74. The van der Waals surface area contributed by atoms with Gasteiger partial charge in [-0.05, 0) is 0 Å². The zero-order chi connectivity index (χ0) is 10.7. The first-order valence-corrected chi connectivity index (χ1v) is 4.03. The maximum Gasteiger partial charge on any atom is 0.321 e. The molecule has 0 aliphatic rings. The first kappa shape index (κ1) is 10.4. The van der Waals surface area contributed by atoms with Crippen molar-refractivity contribution in [2.75, 3.05) is 38.9 Å². The molecule has 1 aromatic heterocycles. The molecule has 0 amide bonds. The number of methoxy groups -OCH3 is 2. The lowest BCUT2D eigenvalue weighted by Gasteiger charge is -2.15. The van der Waals surface area contributed by atoms with Crippen molar-refractivity contribution in [1.82, 2.24) is 9.97 Å². The number of anilines is 2. The van der Waals surface area contributed by atoms with E-state index in [0.29, 0.717) is 17.4 Å². The molecule has 2 N–H and O–H groups in total. The molecule has 0 aliphatic heterocycles. The predicted molar refractivity (Wildman–Crippen MR) is 53.9 cm³/mol. The van der Waals surface area contributed by atoms with Crippen LogP contribution in [0, 0.1) is 0 Å². The summed E-state index contributed by atoms with van der Waals surface area (Å²) in [5.41, 5.74) is 6.17. The molecule has 0 radical (unpaired) electrons. The summed E-state index contributed by atoms with van der Waals surface area (Å²) in [5.74, 6) is 0.897. The second-order valence-electron chi connectivity index (χ2n) is 2.85. The van der Waals surface area contributed by atoms with Crippen molar-refractivity contribution in [2.24, 2.45) is 0 Å². The van der Waals surface area contributed by atoms with E-state index >= 15 is 0 Å². The SMILES string of the molecule is COc1nc(OC)c(N)c(N(C)C)n1. The molecule has 0 atom stereocenters. The van der Waals surface area contributed by atoms with Crippen LogP contribution >= 0.6 is 0 Å². The Balaban J connectivity index is 3.27. The topological polar surface area (TPSA) is 73.5 Å². The van der Waals surface area contributed by atoms with Gasteiger partial charge in [0.15, 0.2) is 5.82 Å². The molecule has 0 spiro atoms. The van der Waals surface area contributed by atoms with Gasteiger partial charge in [-0.15, -0.1) is 0 Å². The fraction of sp³-hybridized carbons (Fsp3) is 0.500. The van der Waals surface area contributed by atoms with Crippen LogP contribution in [0.25, 0.3) is 0 Å². The highest BCUT2D eigenvalue weighted by Crippen LogP contribution is 2.29. The van der Waals surface area contributed by atoms with Gasteiger partial charge in [-0.1, -0.05) is 0 Å². The van der Waals surface area contributed by atoms with Crippen molar-refractivity contribution in [1.29, 1.82) is 0 Å². The number of nitrogen functional groups attached to an aromatic ring is 1. The van der Waals surface area contributed by atoms with Crippen molar-refractivity contribution in [3.8, 4) is 11.9 Å². The Hall–Kier alpha value is -1.72. The number of hydrogen-bond acceptors (Lipinski definition) is 6. The first-order valence-electron chi connectivity index (χ1n) is 4.03. The van der Waals surface area contributed by atoms with E-state index in [9.17, 15) is 0 Å². The van der Waals surface area contributed by atoms with Gasteiger partial charge in [0.2, 0.25) is 5.88 Å². The molecule has 0 unspecified atom stereocenters. The third-order valence-corrected chi connectivity index (χ3v) is 1.67. The van der Waals surface area contributed by atoms with Crippen LogP contribution in [-0.4, -0.2) is 38.3 Å². The van der Waals surface area contributed by atoms with E-state index in [1.165, 1.54) is 14.2 Å². The maximum absolute atomic E-state index is 5.77. The summed E-state index contributed by atoms with van der Waals surface area (Å²) >= 11 is 0. The number of nitrogens with two attached hydrogens (primary N) is 1. The summed E-state index contributed by atoms with van der Waals surface area (Å²) in [4.78, 5) is 9.80. The highest BCUT2D eigenvalue weighted by Gasteiger charge is 2.13. The zero-order valence-electron chi connectivity index (χ0n) is 8.74. The molecule has 6 heteroatoms. The minimum Gasteiger partial charge on any atom is -0.479 e. The van der Waals surface area contributed by atoms with Crippen molar-refractivity contribution in [3.63, 3.8) is 0 Å².